The van der Waals surface area contributed by atoms with Crippen molar-refractivity contribution >= 4 is 36.3 Å². The molecule has 2 aromatic rings. The summed E-state index contributed by atoms with van der Waals surface area (Å²) >= 11 is 0. The molecule has 0 radical (unpaired) electrons. The number of anilines is 1. The molecule has 1 aromatic carbocycles. The number of benzene rings is 1. The highest BCUT2D eigenvalue weighted by atomic mass is 19.2. The molecular weight excluding hydrogens is 543 g/mol. The van der Waals surface area contributed by atoms with Crippen LogP contribution in [0.5, 0.6) is 0 Å². The van der Waals surface area contributed by atoms with E-state index in [9.17, 15) is 18.2 Å². The topological polar surface area (TPSA) is 81.9 Å². The number of carbonyl (C=O) groups excluding carboxylic acids is 2. The van der Waals surface area contributed by atoms with Gasteiger partial charge in [0.1, 0.15) is 5.69 Å². The Morgan fingerprint density at radius 3 is 2.15 bits per heavy atom. The fourth-order valence-corrected chi connectivity index (χ4v) is 4.19. The molecule has 1 aliphatic heterocycles. The summed E-state index contributed by atoms with van der Waals surface area (Å²) in [6.07, 6.45) is 6.01. The maximum Gasteiger partial charge on any atom is 0.677 e. The molecule has 0 unspecified atom stereocenters. The second-order valence-corrected chi connectivity index (χ2v) is 8.68. The normalized spacial score (nSPS) is 13.9. The van der Waals surface area contributed by atoms with E-state index in [1.165, 1.54) is 0 Å². The number of hydrogen-bond acceptors (Lipinski definition) is 6. The molecule has 214 valence electrons. The van der Waals surface area contributed by atoms with Crippen LogP contribution >= 0.6 is 0 Å². The molecule has 0 fully saturated rings. The predicted octanol–water partition coefficient (Wildman–Crippen LogP) is 5.54. The summed E-state index contributed by atoms with van der Waals surface area (Å²) in [5.74, 6) is -11.1. The molecular formula is C26H26BF6N3O4. The summed E-state index contributed by atoms with van der Waals surface area (Å²) in [4.78, 5) is 28.5. The Balaban J connectivity index is 2.24. The summed E-state index contributed by atoms with van der Waals surface area (Å²) in [6, 6.07) is 2.17. The number of carbonyl (C=O) groups is 2. The van der Waals surface area contributed by atoms with Gasteiger partial charge in [-0.1, -0.05) is 26.2 Å². The number of nitrogens with zero attached hydrogens (tertiary/aromatic N) is 2. The number of aliphatic imine (C=N–C) groups is 1. The molecule has 0 aliphatic carbocycles. The number of nitrogens with one attached hydrogen (secondary N) is 1. The molecule has 0 saturated carbocycles. The van der Waals surface area contributed by atoms with Crippen molar-refractivity contribution in [2.75, 3.05) is 26.1 Å². The Kier molecular flexibility index (Phi) is 10.2. The maximum atomic E-state index is 15.5. The Labute approximate surface area is 226 Å². The van der Waals surface area contributed by atoms with E-state index in [0.717, 1.165) is 64.0 Å². The average Bonchev–Trinajstić information content (AvgIpc) is 3.62. The van der Waals surface area contributed by atoms with Gasteiger partial charge in [0.2, 0.25) is 0 Å². The van der Waals surface area contributed by atoms with E-state index < -0.39 is 76.7 Å². The Morgan fingerprint density at radius 2 is 1.60 bits per heavy atom. The van der Waals surface area contributed by atoms with Gasteiger partial charge in [0.15, 0.2) is 29.2 Å². The van der Waals surface area contributed by atoms with Gasteiger partial charge in [0, 0.05) is 17.8 Å². The van der Waals surface area contributed by atoms with Gasteiger partial charge in [-0.05, 0) is 36.9 Å². The van der Waals surface area contributed by atoms with E-state index in [1.54, 1.807) is 0 Å². The molecule has 1 N–H and O–H groups in total. The number of esters is 2. The third-order valence-electron chi connectivity index (χ3n) is 6.18. The van der Waals surface area contributed by atoms with E-state index in [1.807, 2.05) is 6.92 Å². The average molecular weight is 569 g/mol. The smallest absolute Gasteiger partial charge is 0.468 e. The highest BCUT2D eigenvalue weighted by molar-refractivity contribution is 6.41. The van der Waals surface area contributed by atoms with Crippen LogP contribution in [0.25, 0.3) is 5.57 Å². The number of unbranched alkanes of at least 4 members (excludes halogenated alkanes) is 3. The van der Waals surface area contributed by atoms with Crippen molar-refractivity contribution in [2.45, 2.75) is 32.6 Å². The van der Waals surface area contributed by atoms with Crippen LogP contribution in [0.15, 0.2) is 41.2 Å². The lowest BCUT2D eigenvalue weighted by Gasteiger charge is -2.18. The van der Waals surface area contributed by atoms with Gasteiger partial charge in [-0.3, -0.25) is 23.2 Å². The van der Waals surface area contributed by atoms with Gasteiger partial charge in [0.25, 0.3) is 0 Å². The number of methoxy groups -OCH3 is 2. The second kappa shape index (κ2) is 13.4. The maximum absolute atomic E-state index is 15.5. The van der Waals surface area contributed by atoms with Crippen molar-refractivity contribution in [3.05, 3.63) is 70.7 Å². The molecule has 2 heterocycles. The first-order chi connectivity index (χ1) is 19.1. The molecule has 0 saturated heterocycles. The molecule has 0 bridgehead atoms. The molecule has 14 heteroatoms. The first-order valence-electron chi connectivity index (χ1n) is 12.3. The van der Waals surface area contributed by atoms with Crippen molar-refractivity contribution in [2.24, 2.45) is 10.9 Å². The summed E-state index contributed by atoms with van der Waals surface area (Å²) in [7, 11) is -1.23. The standard InChI is InChI=1S/C26H26BF6N3O4/c1-4-5-6-7-12-34-24-22(30)20(28)19(21(29)23(24)31)17(16-9-8-13-36(16)27(32)33)14-10-11-15(35-14)18(25(37)39-2)26(38)40-3/h8-11,13,18,34H,4-7,12H2,1-3H3/b17-14+. The fourth-order valence-electron chi connectivity index (χ4n) is 4.19. The van der Waals surface area contributed by atoms with Crippen LogP contribution in [0, 0.1) is 29.2 Å². The highest BCUT2D eigenvalue weighted by Gasteiger charge is 2.37. The van der Waals surface area contributed by atoms with Gasteiger partial charge in [-0.15, -0.1) is 0 Å². The number of allylic oxidation sites excluding steroid dienone is 2. The summed E-state index contributed by atoms with van der Waals surface area (Å²) < 4.78 is 98.4. The molecule has 40 heavy (non-hydrogen) atoms. The Hall–Kier alpha value is -3.97. The third-order valence-corrected chi connectivity index (χ3v) is 6.18. The van der Waals surface area contributed by atoms with Gasteiger partial charge < -0.3 is 19.3 Å². The molecule has 1 aromatic heterocycles. The minimum absolute atomic E-state index is 0.0348. The first-order valence-corrected chi connectivity index (χ1v) is 12.3. The minimum atomic E-state index is -3.21. The van der Waals surface area contributed by atoms with E-state index in [0.29, 0.717) is 10.9 Å². The Bertz CT molecular complexity index is 1330. The zero-order valence-corrected chi connectivity index (χ0v) is 21.9. The van der Waals surface area contributed by atoms with Gasteiger partial charge in [-0.25, -0.2) is 17.6 Å². The van der Waals surface area contributed by atoms with E-state index in [-0.39, 0.29) is 12.3 Å². The summed E-state index contributed by atoms with van der Waals surface area (Å²) in [5, 5.41) is 2.37. The van der Waals surface area contributed by atoms with Crippen LogP contribution in [0.4, 0.5) is 31.9 Å². The van der Waals surface area contributed by atoms with Crippen molar-refractivity contribution < 1.29 is 45.3 Å². The van der Waals surface area contributed by atoms with E-state index in [2.05, 4.69) is 19.8 Å². The summed E-state index contributed by atoms with van der Waals surface area (Å²) in [5.41, 5.74) is -4.38. The van der Waals surface area contributed by atoms with Crippen LogP contribution in [-0.2, 0) is 19.1 Å². The number of ether oxygens (including phenoxy) is 2. The molecule has 0 spiro atoms. The van der Waals surface area contributed by atoms with E-state index in [4.69, 9.17) is 0 Å². The highest BCUT2D eigenvalue weighted by Crippen LogP contribution is 2.39. The minimum Gasteiger partial charge on any atom is -0.468 e. The van der Waals surface area contributed by atoms with Gasteiger partial charge >= 0.3 is 19.3 Å². The van der Waals surface area contributed by atoms with Crippen molar-refractivity contribution in [1.82, 2.24) is 4.48 Å². The second-order valence-electron chi connectivity index (χ2n) is 8.68. The SMILES string of the molecule is CCCCCCNc1c(F)c(F)c(/C(=C2\C=CC(C(C(=O)OC)C(=O)OC)=N2)c2cccn2B(F)F)c(F)c1F. The number of rotatable bonds is 12. The third kappa shape index (κ3) is 6.10. The first kappa shape index (κ1) is 30.6. The molecule has 7 nitrogen and oxygen atoms in total. The number of hydrogen-bond donors (Lipinski definition) is 1. The van der Waals surface area contributed by atoms with E-state index >= 15 is 17.6 Å². The van der Waals surface area contributed by atoms with Crippen LogP contribution in [0.1, 0.15) is 43.9 Å². The lowest BCUT2D eigenvalue weighted by atomic mass is 9.96. The van der Waals surface area contributed by atoms with Crippen molar-refractivity contribution in [3.63, 3.8) is 0 Å². The monoisotopic (exact) mass is 569 g/mol. The zero-order valence-electron chi connectivity index (χ0n) is 21.9. The van der Waals surface area contributed by atoms with Gasteiger partial charge in [-0.2, -0.15) is 0 Å². The quantitative estimate of drug-likeness (QED) is 0.0907. The van der Waals surface area contributed by atoms with Crippen LogP contribution in [0.3, 0.4) is 0 Å². The largest absolute Gasteiger partial charge is 0.677 e. The van der Waals surface area contributed by atoms with Crippen molar-refractivity contribution in [3.8, 4) is 0 Å². The lowest BCUT2D eigenvalue weighted by Crippen LogP contribution is -2.32. The molecule has 3 rings (SSSR count). The van der Waals surface area contributed by atoms with Crippen molar-refractivity contribution in [1.29, 1.82) is 0 Å². The fraction of sp³-hybridized carbons (Fsp3) is 0.346. The van der Waals surface area contributed by atoms with Gasteiger partial charge in [0.05, 0.1) is 31.2 Å². The zero-order chi connectivity index (χ0) is 29.6. The molecule has 1 aliphatic rings. The Morgan fingerprint density at radius 1 is 0.975 bits per heavy atom. The summed E-state index contributed by atoms with van der Waals surface area (Å²) in [6.45, 7) is 2.00. The van der Waals surface area contributed by atoms with Crippen LogP contribution in [0.2, 0.25) is 0 Å². The van der Waals surface area contributed by atoms with Crippen LogP contribution in [-0.4, -0.2) is 50.3 Å². The molecule has 0 amide bonds. The molecule has 0 atom stereocenters. The predicted molar refractivity (Wildman–Crippen MR) is 137 cm³/mol. The lowest BCUT2D eigenvalue weighted by molar-refractivity contribution is -0.155. The number of aromatic nitrogens is 1. The number of halogens is 6. The van der Waals surface area contributed by atoms with Crippen LogP contribution < -0.4 is 5.32 Å².